The number of nitrogens with one attached hydrogen (secondary N) is 1. The maximum atomic E-state index is 15.2. The lowest BCUT2D eigenvalue weighted by Crippen LogP contribution is -2.45. The molecule has 4 rings (SSSR count). The van der Waals surface area contributed by atoms with E-state index in [0.29, 0.717) is 15.6 Å². The highest BCUT2D eigenvalue weighted by atomic mass is 32.2. The summed E-state index contributed by atoms with van der Waals surface area (Å²) in [6.07, 6.45) is 4.82. The molecule has 0 bridgehead atoms. The van der Waals surface area contributed by atoms with Crippen molar-refractivity contribution in [2.75, 3.05) is 11.4 Å². The quantitative estimate of drug-likeness (QED) is 0.510. The van der Waals surface area contributed by atoms with Gasteiger partial charge in [0, 0.05) is 23.4 Å². The Kier molecular flexibility index (Phi) is 6.23. The van der Waals surface area contributed by atoms with Crippen molar-refractivity contribution in [1.82, 2.24) is 5.32 Å². The van der Waals surface area contributed by atoms with E-state index < -0.39 is 0 Å². The third kappa shape index (κ3) is 4.76. The van der Waals surface area contributed by atoms with Crippen LogP contribution in [0, 0.1) is 19.7 Å². The molecule has 2 heterocycles. The highest BCUT2D eigenvalue weighted by molar-refractivity contribution is 8.18. The van der Waals surface area contributed by atoms with Crippen molar-refractivity contribution in [3.8, 4) is 0 Å². The van der Waals surface area contributed by atoms with Crippen molar-refractivity contribution in [2.24, 2.45) is 4.99 Å². The predicted molar refractivity (Wildman–Crippen MR) is 138 cm³/mol. The molecule has 0 spiro atoms. The molecule has 172 valence electrons. The van der Waals surface area contributed by atoms with Gasteiger partial charge < -0.3 is 10.2 Å². The molecule has 33 heavy (non-hydrogen) atoms. The third-order valence-corrected chi connectivity index (χ3v) is 6.83. The van der Waals surface area contributed by atoms with Crippen molar-refractivity contribution in [3.63, 3.8) is 0 Å². The van der Waals surface area contributed by atoms with Crippen LogP contribution < -0.4 is 10.2 Å². The molecule has 0 atom stereocenters. The molecule has 1 saturated heterocycles. The normalized spacial score (nSPS) is 19.7. The van der Waals surface area contributed by atoms with Gasteiger partial charge in [-0.05, 0) is 99.8 Å². The summed E-state index contributed by atoms with van der Waals surface area (Å²) in [5.41, 5.74) is 6.26. The number of allylic oxidation sites excluding steroid dienone is 1. The Bertz CT molecular complexity index is 1210. The summed E-state index contributed by atoms with van der Waals surface area (Å²) < 4.78 is 15.2. The number of thioether (sulfide) groups is 1. The largest absolute Gasteiger partial charge is 0.362 e. The van der Waals surface area contributed by atoms with Gasteiger partial charge in [0.25, 0.3) is 5.91 Å². The van der Waals surface area contributed by atoms with Gasteiger partial charge in [0.05, 0.1) is 16.1 Å². The molecular formula is C27H30FN3OS. The van der Waals surface area contributed by atoms with Crippen molar-refractivity contribution in [1.29, 1.82) is 0 Å². The zero-order chi connectivity index (χ0) is 23.9. The van der Waals surface area contributed by atoms with E-state index in [0.717, 1.165) is 46.6 Å². The first kappa shape index (κ1) is 23.3. The molecule has 0 aliphatic carbocycles. The Morgan fingerprint density at radius 2 is 1.82 bits per heavy atom. The van der Waals surface area contributed by atoms with Crippen LogP contribution in [-0.2, 0) is 4.79 Å². The highest BCUT2D eigenvalue weighted by Crippen LogP contribution is 2.41. The molecule has 1 N–H and O–H groups in total. The van der Waals surface area contributed by atoms with Gasteiger partial charge in [-0.15, -0.1) is 0 Å². The fourth-order valence-corrected chi connectivity index (χ4v) is 5.44. The first-order chi connectivity index (χ1) is 15.6. The number of carbonyl (C=O) groups excluding carboxylic acids is 1. The van der Waals surface area contributed by atoms with Gasteiger partial charge >= 0.3 is 0 Å². The Labute approximate surface area is 199 Å². The van der Waals surface area contributed by atoms with E-state index >= 15 is 4.39 Å². The second-order valence-corrected chi connectivity index (χ2v) is 10.4. The highest BCUT2D eigenvalue weighted by Gasteiger charge is 2.32. The first-order valence-corrected chi connectivity index (χ1v) is 12.1. The van der Waals surface area contributed by atoms with Crippen LogP contribution in [0.25, 0.3) is 11.6 Å². The molecule has 1 fully saturated rings. The lowest BCUT2D eigenvalue weighted by molar-refractivity contribution is -0.115. The van der Waals surface area contributed by atoms with Gasteiger partial charge in [-0.25, -0.2) is 9.38 Å². The number of fused-ring (bicyclic) bond motifs is 1. The molecular weight excluding hydrogens is 433 g/mol. The monoisotopic (exact) mass is 463 g/mol. The topological polar surface area (TPSA) is 44.7 Å². The van der Waals surface area contributed by atoms with Gasteiger partial charge in [-0.2, -0.15) is 0 Å². The summed E-state index contributed by atoms with van der Waals surface area (Å²) in [5, 5.41) is 3.30. The molecule has 0 saturated carbocycles. The Morgan fingerprint density at radius 1 is 1.12 bits per heavy atom. The van der Waals surface area contributed by atoms with Crippen LogP contribution in [-0.4, -0.2) is 23.2 Å². The summed E-state index contributed by atoms with van der Waals surface area (Å²) in [6, 6.07) is 9.48. The Hall–Kier alpha value is -2.86. The van der Waals surface area contributed by atoms with Gasteiger partial charge in [0.1, 0.15) is 5.82 Å². The van der Waals surface area contributed by atoms with E-state index in [1.165, 1.54) is 11.8 Å². The minimum absolute atomic E-state index is 0.180. The lowest BCUT2D eigenvalue weighted by atomic mass is 9.87. The Morgan fingerprint density at radius 3 is 2.48 bits per heavy atom. The fraction of sp³-hybridized carbons (Fsp3) is 0.333. The number of nitrogens with zero attached hydrogens (tertiary/aromatic N) is 2. The number of hydrogen-bond donors (Lipinski definition) is 1. The summed E-state index contributed by atoms with van der Waals surface area (Å²) in [7, 11) is 0. The third-order valence-electron chi connectivity index (χ3n) is 5.92. The minimum atomic E-state index is -0.332. The smallest absolute Gasteiger partial charge is 0.264 e. The molecule has 1 amide bonds. The maximum absolute atomic E-state index is 15.2. The fourth-order valence-electron chi connectivity index (χ4n) is 4.61. The van der Waals surface area contributed by atoms with E-state index in [2.05, 4.69) is 55.0 Å². The number of carbonyl (C=O) groups is 1. The number of amides is 1. The first-order valence-electron chi connectivity index (χ1n) is 11.3. The number of anilines is 1. The maximum Gasteiger partial charge on any atom is 0.264 e. The molecule has 6 heteroatoms. The lowest BCUT2D eigenvalue weighted by Gasteiger charge is -2.43. The average Bonchev–Trinajstić information content (AvgIpc) is 3.03. The van der Waals surface area contributed by atoms with E-state index in [9.17, 15) is 4.79 Å². The summed E-state index contributed by atoms with van der Waals surface area (Å²) in [5.74, 6) is -0.595. The molecule has 0 aromatic heterocycles. The molecule has 2 aliphatic heterocycles. The molecule has 2 aliphatic rings. The van der Waals surface area contributed by atoms with Crippen molar-refractivity contribution < 1.29 is 9.18 Å². The molecule has 0 radical (unpaired) electrons. The summed E-state index contributed by atoms with van der Waals surface area (Å²) >= 11 is 1.23. The summed E-state index contributed by atoms with van der Waals surface area (Å²) in [6.45, 7) is 13.4. The van der Waals surface area contributed by atoms with Gasteiger partial charge in [-0.1, -0.05) is 19.1 Å². The van der Waals surface area contributed by atoms with Crippen LogP contribution in [0.5, 0.6) is 0 Å². The second kappa shape index (κ2) is 8.82. The SMILES string of the molecule is CCCN1c2cc(F)c(/C=C3/SC(=Nc4cc(C)cc(C)c4)NC3=O)cc2C(C)=CC1(C)C. The van der Waals surface area contributed by atoms with Crippen LogP contribution >= 0.6 is 11.8 Å². The number of hydrogen-bond acceptors (Lipinski definition) is 4. The number of benzene rings is 2. The number of rotatable bonds is 4. The van der Waals surface area contributed by atoms with E-state index in [4.69, 9.17) is 0 Å². The standard InChI is InChI=1S/C27H30FN3OS/c1-7-8-31-23-14-22(28)19(12-21(23)18(4)15-27(31,5)6)13-24-25(32)30-26(33-24)29-20-10-16(2)9-17(3)11-20/h9-15H,7-8H2,1-6H3,(H,29,30,32)/b24-13+. The number of amidine groups is 1. The van der Waals surface area contributed by atoms with E-state index in [1.54, 1.807) is 12.1 Å². The van der Waals surface area contributed by atoms with Crippen LogP contribution in [0.4, 0.5) is 15.8 Å². The van der Waals surface area contributed by atoms with Crippen LogP contribution in [0.15, 0.2) is 46.3 Å². The molecule has 2 aromatic rings. The number of halogens is 1. The van der Waals surface area contributed by atoms with Crippen LogP contribution in [0.2, 0.25) is 0 Å². The average molecular weight is 464 g/mol. The number of aryl methyl sites for hydroxylation is 2. The van der Waals surface area contributed by atoms with Gasteiger partial charge in [0.2, 0.25) is 0 Å². The van der Waals surface area contributed by atoms with Crippen LogP contribution in [0.3, 0.4) is 0 Å². The summed E-state index contributed by atoms with van der Waals surface area (Å²) in [4.78, 5) is 19.8. The number of aliphatic imine (C=N–C) groups is 1. The minimum Gasteiger partial charge on any atom is -0.362 e. The zero-order valence-corrected chi connectivity index (χ0v) is 20.9. The Balaban J connectivity index is 1.68. The van der Waals surface area contributed by atoms with E-state index in [-0.39, 0.29) is 17.3 Å². The van der Waals surface area contributed by atoms with Crippen molar-refractivity contribution in [3.05, 3.63) is 69.4 Å². The van der Waals surface area contributed by atoms with Crippen molar-refractivity contribution >= 4 is 45.9 Å². The molecule has 4 nitrogen and oxygen atoms in total. The zero-order valence-electron chi connectivity index (χ0n) is 20.0. The van der Waals surface area contributed by atoms with E-state index in [1.807, 2.05) is 32.0 Å². The van der Waals surface area contributed by atoms with Gasteiger partial charge in [-0.3, -0.25) is 4.79 Å². The molecule has 0 unspecified atom stereocenters. The van der Waals surface area contributed by atoms with Gasteiger partial charge in [0.15, 0.2) is 5.17 Å². The van der Waals surface area contributed by atoms with Crippen LogP contribution in [0.1, 0.15) is 56.4 Å². The van der Waals surface area contributed by atoms with Crippen molar-refractivity contribution in [2.45, 2.75) is 53.5 Å². The molecule has 2 aromatic carbocycles. The predicted octanol–water partition coefficient (Wildman–Crippen LogP) is 6.75. The second-order valence-electron chi connectivity index (χ2n) is 9.35.